The summed E-state index contributed by atoms with van der Waals surface area (Å²) in [5, 5.41) is 14.9. The van der Waals surface area contributed by atoms with Gasteiger partial charge in [-0.05, 0) is 30.2 Å². The number of amides is 1. The fourth-order valence-electron chi connectivity index (χ4n) is 3.04. The smallest absolute Gasteiger partial charge is 0.270 e. The van der Waals surface area contributed by atoms with Gasteiger partial charge >= 0.3 is 0 Å². The van der Waals surface area contributed by atoms with E-state index in [4.69, 9.17) is 11.6 Å². The number of nitrogens with one attached hydrogen (secondary N) is 1. The molecule has 0 atom stereocenters. The molecular weight excluding hydrogens is 480 g/mol. The number of hydrogen-bond acceptors (Lipinski definition) is 6. The summed E-state index contributed by atoms with van der Waals surface area (Å²) in [5.74, 6) is -0.676. The van der Waals surface area contributed by atoms with Gasteiger partial charge in [0.1, 0.15) is 0 Å². The second-order valence-electron chi connectivity index (χ2n) is 7.14. The molecule has 0 bridgehead atoms. The molecule has 176 valence electrons. The summed E-state index contributed by atoms with van der Waals surface area (Å²) in [6.45, 7) is -0.390. The number of rotatable bonds is 10. The van der Waals surface area contributed by atoms with Crippen molar-refractivity contribution in [1.82, 2.24) is 9.73 Å². The molecule has 3 aromatic rings. The molecule has 0 saturated carbocycles. The summed E-state index contributed by atoms with van der Waals surface area (Å²) in [6, 6.07) is 21.0. The Kier molecular flexibility index (Phi) is 8.47. The topological polar surface area (TPSA) is 122 Å². The number of non-ortho nitro benzene ring substituents is 1. The van der Waals surface area contributed by atoms with Crippen molar-refractivity contribution in [3.63, 3.8) is 0 Å². The van der Waals surface area contributed by atoms with E-state index >= 15 is 0 Å². The van der Waals surface area contributed by atoms with Gasteiger partial charge in [-0.15, -0.1) is 0 Å². The minimum absolute atomic E-state index is 0.0720. The average molecular weight is 501 g/mol. The van der Waals surface area contributed by atoms with Crippen molar-refractivity contribution in [3.05, 3.63) is 105 Å². The Morgan fingerprint density at radius 2 is 1.71 bits per heavy atom. The molecule has 0 aliphatic carbocycles. The maximum atomic E-state index is 13.2. The normalized spacial score (nSPS) is 11.6. The number of sulfonamides is 1. The van der Waals surface area contributed by atoms with Crippen molar-refractivity contribution < 1.29 is 18.1 Å². The van der Waals surface area contributed by atoms with Gasteiger partial charge in [-0.1, -0.05) is 60.1 Å². The molecule has 0 unspecified atom stereocenters. The molecule has 0 heterocycles. The SMILES string of the molecule is O=C(CN(CCc1ccccc1)S(=O)(=O)c1ccccc1)N/N=C\c1cc([N+](=O)[O-])ccc1Cl. The van der Waals surface area contributed by atoms with Crippen LogP contribution in [0.5, 0.6) is 0 Å². The van der Waals surface area contributed by atoms with Crippen LogP contribution in [0.1, 0.15) is 11.1 Å². The molecular formula is C23H21ClN4O5S. The van der Waals surface area contributed by atoms with Gasteiger partial charge in [0.25, 0.3) is 11.6 Å². The predicted molar refractivity (Wildman–Crippen MR) is 129 cm³/mol. The first-order valence-corrected chi connectivity index (χ1v) is 11.9. The maximum Gasteiger partial charge on any atom is 0.270 e. The predicted octanol–water partition coefficient (Wildman–Crippen LogP) is 3.63. The minimum Gasteiger partial charge on any atom is -0.272 e. The van der Waals surface area contributed by atoms with E-state index in [9.17, 15) is 23.3 Å². The molecule has 11 heteroatoms. The maximum absolute atomic E-state index is 13.2. The lowest BCUT2D eigenvalue weighted by atomic mass is 10.1. The Bertz CT molecular complexity index is 1290. The highest BCUT2D eigenvalue weighted by atomic mass is 35.5. The average Bonchev–Trinajstić information content (AvgIpc) is 2.83. The number of halogens is 1. The molecule has 3 rings (SSSR count). The molecule has 0 fully saturated rings. The number of carbonyl (C=O) groups excluding carboxylic acids is 1. The third-order valence-electron chi connectivity index (χ3n) is 4.78. The van der Waals surface area contributed by atoms with Crippen LogP contribution in [0.25, 0.3) is 0 Å². The summed E-state index contributed by atoms with van der Waals surface area (Å²) in [5.41, 5.74) is 3.23. The van der Waals surface area contributed by atoms with Crippen LogP contribution in [0.3, 0.4) is 0 Å². The molecule has 1 N–H and O–H groups in total. The van der Waals surface area contributed by atoms with E-state index in [2.05, 4.69) is 10.5 Å². The van der Waals surface area contributed by atoms with Gasteiger partial charge in [0.2, 0.25) is 10.0 Å². The molecule has 1 amide bonds. The number of nitrogens with zero attached hydrogens (tertiary/aromatic N) is 3. The second kappa shape index (κ2) is 11.5. The van der Waals surface area contributed by atoms with Crippen LogP contribution in [-0.2, 0) is 21.2 Å². The van der Waals surface area contributed by atoms with Crippen LogP contribution in [0, 0.1) is 10.1 Å². The molecule has 0 spiro atoms. The van der Waals surface area contributed by atoms with Gasteiger partial charge in [0.15, 0.2) is 0 Å². The van der Waals surface area contributed by atoms with Crippen molar-refractivity contribution in [2.45, 2.75) is 11.3 Å². The van der Waals surface area contributed by atoms with Crippen LogP contribution in [-0.4, -0.2) is 42.9 Å². The van der Waals surface area contributed by atoms with Gasteiger partial charge in [-0.3, -0.25) is 14.9 Å². The third kappa shape index (κ3) is 6.70. The van der Waals surface area contributed by atoms with E-state index in [1.54, 1.807) is 18.2 Å². The van der Waals surface area contributed by atoms with Crippen LogP contribution in [0.15, 0.2) is 88.9 Å². The summed E-state index contributed by atoms with van der Waals surface area (Å²) in [6.07, 6.45) is 1.57. The van der Waals surface area contributed by atoms with Crippen LogP contribution >= 0.6 is 11.6 Å². The summed E-state index contributed by atoms with van der Waals surface area (Å²) in [7, 11) is -3.94. The van der Waals surface area contributed by atoms with Gasteiger partial charge in [0.05, 0.1) is 22.6 Å². The molecule has 0 aromatic heterocycles. The van der Waals surface area contributed by atoms with Gasteiger partial charge in [-0.25, -0.2) is 13.8 Å². The molecule has 0 aliphatic heterocycles. The van der Waals surface area contributed by atoms with Gasteiger partial charge in [-0.2, -0.15) is 9.41 Å². The molecule has 3 aromatic carbocycles. The van der Waals surface area contributed by atoms with Gasteiger partial charge in [0, 0.05) is 29.3 Å². The van der Waals surface area contributed by atoms with E-state index in [0.717, 1.165) is 16.1 Å². The number of hydrogen-bond donors (Lipinski definition) is 1. The zero-order valence-corrected chi connectivity index (χ0v) is 19.4. The fourth-order valence-corrected chi connectivity index (χ4v) is 4.62. The zero-order valence-electron chi connectivity index (χ0n) is 17.9. The summed E-state index contributed by atoms with van der Waals surface area (Å²) >= 11 is 6.01. The van der Waals surface area contributed by atoms with Crippen molar-refractivity contribution in [2.24, 2.45) is 5.10 Å². The van der Waals surface area contributed by atoms with Crippen molar-refractivity contribution in [3.8, 4) is 0 Å². The lowest BCUT2D eigenvalue weighted by Gasteiger charge is -2.21. The first kappa shape index (κ1) is 25.0. The molecule has 0 radical (unpaired) electrons. The highest BCUT2D eigenvalue weighted by Crippen LogP contribution is 2.20. The Balaban J connectivity index is 1.74. The lowest BCUT2D eigenvalue weighted by molar-refractivity contribution is -0.384. The van der Waals surface area contributed by atoms with E-state index < -0.39 is 27.4 Å². The number of hydrazone groups is 1. The Hall–Kier alpha value is -3.60. The number of benzene rings is 3. The Morgan fingerprint density at radius 1 is 1.06 bits per heavy atom. The van der Waals surface area contributed by atoms with Crippen molar-refractivity contribution in [2.75, 3.05) is 13.1 Å². The van der Waals surface area contributed by atoms with E-state index in [1.807, 2.05) is 30.3 Å². The van der Waals surface area contributed by atoms with E-state index in [-0.39, 0.29) is 27.7 Å². The second-order valence-corrected chi connectivity index (χ2v) is 9.49. The number of carbonyl (C=O) groups is 1. The Morgan fingerprint density at radius 3 is 2.35 bits per heavy atom. The number of nitro groups is 1. The molecule has 9 nitrogen and oxygen atoms in total. The minimum atomic E-state index is -3.94. The van der Waals surface area contributed by atoms with E-state index in [1.165, 1.54) is 30.3 Å². The van der Waals surface area contributed by atoms with Crippen molar-refractivity contribution in [1.29, 1.82) is 0 Å². The molecule has 0 aliphatic rings. The Labute approximate surface area is 201 Å². The van der Waals surface area contributed by atoms with Crippen molar-refractivity contribution >= 4 is 39.4 Å². The zero-order chi connectivity index (χ0) is 24.6. The quantitative estimate of drug-likeness (QED) is 0.259. The van der Waals surface area contributed by atoms with E-state index in [0.29, 0.717) is 6.42 Å². The summed E-state index contributed by atoms with van der Waals surface area (Å²) < 4.78 is 27.4. The molecule has 34 heavy (non-hydrogen) atoms. The van der Waals surface area contributed by atoms with Crippen LogP contribution in [0.4, 0.5) is 5.69 Å². The summed E-state index contributed by atoms with van der Waals surface area (Å²) in [4.78, 5) is 22.9. The lowest BCUT2D eigenvalue weighted by Crippen LogP contribution is -2.40. The monoisotopic (exact) mass is 500 g/mol. The van der Waals surface area contributed by atoms with Crippen LogP contribution < -0.4 is 5.43 Å². The first-order valence-electron chi connectivity index (χ1n) is 10.1. The highest BCUT2D eigenvalue weighted by Gasteiger charge is 2.26. The standard InChI is InChI=1S/C23H21ClN4O5S/c24-22-12-11-20(28(30)31)15-19(22)16-25-26-23(29)17-27(14-13-18-7-3-1-4-8-18)34(32,33)21-9-5-2-6-10-21/h1-12,15-16H,13-14,17H2,(H,26,29)/b25-16-. The van der Waals surface area contributed by atoms with Crippen LogP contribution in [0.2, 0.25) is 5.02 Å². The molecule has 0 saturated heterocycles. The number of nitro benzene ring substituents is 1. The fraction of sp³-hybridized carbons (Fsp3) is 0.130. The highest BCUT2D eigenvalue weighted by molar-refractivity contribution is 7.89. The first-order chi connectivity index (χ1) is 16.3. The largest absolute Gasteiger partial charge is 0.272 e. The van der Waals surface area contributed by atoms with Gasteiger partial charge < -0.3 is 0 Å². The third-order valence-corrected chi connectivity index (χ3v) is 6.98.